The van der Waals surface area contributed by atoms with Crippen LogP contribution in [0.3, 0.4) is 0 Å². The van der Waals surface area contributed by atoms with Gasteiger partial charge in [0.05, 0.1) is 12.2 Å². The first kappa shape index (κ1) is 24.4. The molecule has 0 saturated carbocycles. The van der Waals surface area contributed by atoms with Gasteiger partial charge in [-0.05, 0) is 30.4 Å². The van der Waals surface area contributed by atoms with Gasteiger partial charge in [0, 0.05) is 25.7 Å². The van der Waals surface area contributed by atoms with E-state index in [-0.39, 0.29) is 35.2 Å². The van der Waals surface area contributed by atoms with Gasteiger partial charge in [-0.2, -0.15) is 0 Å². The normalized spacial score (nSPS) is 17.1. The van der Waals surface area contributed by atoms with E-state index in [2.05, 4.69) is 26.1 Å². The zero-order chi connectivity index (χ0) is 20.0. The Kier molecular flexibility index (Phi) is 9.44. The van der Waals surface area contributed by atoms with Crippen molar-refractivity contribution in [1.82, 2.24) is 10.2 Å². The molecule has 0 aromatic heterocycles. The number of hydrogen-bond donors (Lipinski definition) is 1. The Morgan fingerprint density at radius 3 is 2.68 bits per heavy atom. The maximum atomic E-state index is 14.6. The van der Waals surface area contributed by atoms with Crippen LogP contribution in [0.1, 0.15) is 46.1 Å². The molecule has 1 atom stereocenters. The van der Waals surface area contributed by atoms with E-state index in [9.17, 15) is 13.6 Å². The van der Waals surface area contributed by atoms with Crippen molar-refractivity contribution in [1.29, 1.82) is 0 Å². The summed E-state index contributed by atoms with van der Waals surface area (Å²) in [4.78, 5) is 13.9. The molecule has 1 heterocycles. The van der Waals surface area contributed by atoms with Gasteiger partial charge in [-0.25, -0.2) is 13.6 Å². The Balaban J connectivity index is 0.00000392. The molecule has 0 radical (unpaired) electrons. The van der Waals surface area contributed by atoms with Gasteiger partial charge in [0.25, 0.3) is 0 Å². The molecule has 1 aliphatic heterocycles. The third-order valence-electron chi connectivity index (χ3n) is 4.66. The molecule has 1 aliphatic rings. The standard InChI is InChI=1S/C20H30F2N2O3.ClH/c1-5-14-12-23-9-10-24(14)19(25)27-13-15-16(21)6-7-17(18(15)22)26-11-8-20(2,3)4;/h6-7,14,23H,5,8-13H2,1-4H3;1H. The van der Waals surface area contributed by atoms with Crippen molar-refractivity contribution in [3.63, 3.8) is 0 Å². The number of hydrogen-bond acceptors (Lipinski definition) is 4. The molecule has 1 unspecified atom stereocenters. The average Bonchev–Trinajstić information content (AvgIpc) is 2.62. The summed E-state index contributed by atoms with van der Waals surface area (Å²) in [5, 5.41) is 3.21. The lowest BCUT2D eigenvalue weighted by Gasteiger charge is -2.34. The van der Waals surface area contributed by atoms with E-state index in [1.54, 1.807) is 4.90 Å². The minimum Gasteiger partial charge on any atom is -0.490 e. The molecule has 0 bridgehead atoms. The summed E-state index contributed by atoms with van der Waals surface area (Å²) in [5.41, 5.74) is -0.242. The SMILES string of the molecule is CCC1CNCCN1C(=O)OCc1c(F)ccc(OCCC(C)(C)C)c1F.Cl. The van der Waals surface area contributed by atoms with Crippen molar-refractivity contribution in [3.05, 3.63) is 29.3 Å². The van der Waals surface area contributed by atoms with E-state index in [0.717, 1.165) is 18.9 Å². The molecule has 1 saturated heterocycles. The van der Waals surface area contributed by atoms with Crippen LogP contribution in [0.15, 0.2) is 12.1 Å². The molecule has 5 nitrogen and oxygen atoms in total. The van der Waals surface area contributed by atoms with Crippen molar-refractivity contribution in [2.45, 2.75) is 53.2 Å². The molecule has 0 aliphatic carbocycles. The average molecular weight is 421 g/mol. The van der Waals surface area contributed by atoms with E-state index in [0.29, 0.717) is 26.2 Å². The lowest BCUT2D eigenvalue weighted by molar-refractivity contribution is 0.0697. The molecule has 1 N–H and O–H groups in total. The Labute approximate surface area is 172 Å². The van der Waals surface area contributed by atoms with Crippen molar-refractivity contribution < 1.29 is 23.0 Å². The van der Waals surface area contributed by atoms with Gasteiger partial charge >= 0.3 is 6.09 Å². The first-order valence-corrected chi connectivity index (χ1v) is 9.46. The number of halogens is 3. The minimum atomic E-state index is -0.816. The fourth-order valence-corrected chi connectivity index (χ4v) is 2.87. The summed E-state index contributed by atoms with van der Waals surface area (Å²) in [7, 11) is 0. The van der Waals surface area contributed by atoms with Crippen molar-refractivity contribution in [3.8, 4) is 5.75 Å². The van der Waals surface area contributed by atoms with E-state index in [4.69, 9.17) is 9.47 Å². The highest BCUT2D eigenvalue weighted by Crippen LogP contribution is 2.26. The van der Waals surface area contributed by atoms with Crippen LogP contribution in [0.5, 0.6) is 5.75 Å². The summed E-state index contributed by atoms with van der Waals surface area (Å²) in [5.74, 6) is -1.60. The topological polar surface area (TPSA) is 50.8 Å². The summed E-state index contributed by atoms with van der Waals surface area (Å²) >= 11 is 0. The predicted molar refractivity (Wildman–Crippen MR) is 107 cm³/mol. The molecule has 1 aromatic carbocycles. The van der Waals surface area contributed by atoms with Crippen molar-refractivity contribution in [2.75, 3.05) is 26.2 Å². The quantitative estimate of drug-likeness (QED) is 0.735. The highest BCUT2D eigenvalue weighted by Gasteiger charge is 2.27. The van der Waals surface area contributed by atoms with Gasteiger partial charge in [-0.1, -0.05) is 27.7 Å². The number of rotatable bonds is 6. The molecule has 160 valence electrons. The molecule has 8 heteroatoms. The van der Waals surface area contributed by atoms with E-state index >= 15 is 0 Å². The first-order chi connectivity index (χ1) is 12.7. The van der Waals surface area contributed by atoms with Crippen LogP contribution >= 0.6 is 12.4 Å². The number of ether oxygens (including phenoxy) is 2. The monoisotopic (exact) mass is 420 g/mol. The number of carbonyl (C=O) groups is 1. The third-order valence-corrected chi connectivity index (χ3v) is 4.66. The first-order valence-electron chi connectivity index (χ1n) is 9.46. The Hall–Kier alpha value is -1.60. The Morgan fingerprint density at radius 2 is 2.04 bits per heavy atom. The zero-order valence-corrected chi connectivity index (χ0v) is 17.8. The minimum absolute atomic E-state index is 0. The fourth-order valence-electron chi connectivity index (χ4n) is 2.87. The number of amides is 1. The molecular formula is C20H31ClF2N2O3. The smallest absolute Gasteiger partial charge is 0.410 e. The lowest BCUT2D eigenvalue weighted by atomic mass is 9.93. The lowest BCUT2D eigenvalue weighted by Crippen LogP contribution is -2.53. The maximum absolute atomic E-state index is 14.6. The van der Waals surface area contributed by atoms with Crippen LogP contribution in [0, 0.1) is 17.0 Å². The number of nitrogens with one attached hydrogen (secondary N) is 1. The molecule has 0 spiro atoms. The van der Waals surface area contributed by atoms with Crippen LogP contribution in [-0.2, 0) is 11.3 Å². The second-order valence-corrected chi connectivity index (χ2v) is 8.01. The van der Waals surface area contributed by atoms with Crippen LogP contribution in [-0.4, -0.2) is 43.3 Å². The number of carbonyl (C=O) groups excluding carboxylic acids is 1. The maximum Gasteiger partial charge on any atom is 0.410 e. The summed E-state index contributed by atoms with van der Waals surface area (Å²) in [6, 6.07) is 2.42. The van der Waals surface area contributed by atoms with Gasteiger partial charge in [0.2, 0.25) is 0 Å². The largest absolute Gasteiger partial charge is 0.490 e. The molecule has 1 fully saturated rings. The van der Waals surface area contributed by atoms with E-state index < -0.39 is 24.3 Å². The molecule has 2 rings (SSSR count). The van der Waals surface area contributed by atoms with Gasteiger partial charge < -0.3 is 19.7 Å². The number of nitrogens with zero attached hydrogens (tertiary/aromatic N) is 1. The molecule has 1 amide bonds. The molecular weight excluding hydrogens is 390 g/mol. The van der Waals surface area contributed by atoms with Crippen LogP contribution < -0.4 is 10.1 Å². The highest BCUT2D eigenvalue weighted by molar-refractivity contribution is 5.85. The Morgan fingerprint density at radius 1 is 1.32 bits per heavy atom. The van der Waals surface area contributed by atoms with Gasteiger partial charge in [-0.15, -0.1) is 12.4 Å². The molecule has 28 heavy (non-hydrogen) atoms. The summed E-state index contributed by atoms with van der Waals surface area (Å²) in [6.07, 6.45) is 0.957. The Bertz CT molecular complexity index is 653. The number of benzene rings is 1. The van der Waals surface area contributed by atoms with Crippen LogP contribution in [0.2, 0.25) is 0 Å². The third kappa shape index (κ3) is 6.78. The highest BCUT2D eigenvalue weighted by atomic mass is 35.5. The van der Waals surface area contributed by atoms with Gasteiger partial charge in [0.1, 0.15) is 12.4 Å². The van der Waals surface area contributed by atoms with Gasteiger partial charge in [-0.3, -0.25) is 0 Å². The zero-order valence-electron chi connectivity index (χ0n) is 17.0. The fraction of sp³-hybridized carbons (Fsp3) is 0.650. The van der Waals surface area contributed by atoms with E-state index in [1.165, 1.54) is 6.07 Å². The number of piperazine rings is 1. The van der Waals surface area contributed by atoms with Crippen LogP contribution in [0.25, 0.3) is 0 Å². The predicted octanol–water partition coefficient (Wildman–Crippen LogP) is 4.52. The molecule has 1 aromatic rings. The van der Waals surface area contributed by atoms with Crippen LogP contribution in [0.4, 0.5) is 13.6 Å². The second kappa shape index (κ2) is 10.8. The van der Waals surface area contributed by atoms with E-state index in [1.807, 2.05) is 6.92 Å². The van der Waals surface area contributed by atoms with Gasteiger partial charge in [0.15, 0.2) is 11.6 Å². The second-order valence-electron chi connectivity index (χ2n) is 8.01. The van der Waals surface area contributed by atoms with Crippen molar-refractivity contribution in [2.24, 2.45) is 5.41 Å². The van der Waals surface area contributed by atoms with Crippen molar-refractivity contribution >= 4 is 18.5 Å². The summed E-state index contributed by atoms with van der Waals surface area (Å²) in [6.45, 7) is 9.88. The summed E-state index contributed by atoms with van der Waals surface area (Å²) < 4.78 is 39.3.